The molecule has 3 nitrogen and oxygen atoms in total. The first-order valence-corrected chi connectivity index (χ1v) is 16.5. The number of hydrogen-bond acceptors (Lipinski definition) is 3. The van der Waals surface area contributed by atoms with Gasteiger partial charge in [-0.25, -0.2) is 4.79 Å². The molecular formula is C39H50O3. The number of carbonyl (C=O) groups is 1. The maximum atomic E-state index is 13.8. The molecule has 0 radical (unpaired) electrons. The van der Waals surface area contributed by atoms with Crippen LogP contribution in [0.1, 0.15) is 109 Å². The second kappa shape index (κ2) is 13.5. The molecule has 3 heteroatoms. The molecule has 0 unspecified atom stereocenters. The van der Waals surface area contributed by atoms with Crippen molar-refractivity contribution in [1.29, 1.82) is 0 Å². The molecule has 2 aliphatic rings. The minimum atomic E-state index is -0.216. The summed E-state index contributed by atoms with van der Waals surface area (Å²) in [4.78, 5) is 13.8. The smallest absolute Gasteiger partial charge is 0.339 e. The van der Waals surface area contributed by atoms with Crippen LogP contribution in [0.25, 0.3) is 22.3 Å². The van der Waals surface area contributed by atoms with Gasteiger partial charge < -0.3 is 9.47 Å². The molecule has 5 rings (SSSR count). The third kappa shape index (κ3) is 6.46. The van der Waals surface area contributed by atoms with Gasteiger partial charge in [0.2, 0.25) is 0 Å². The van der Waals surface area contributed by atoms with E-state index in [2.05, 4.69) is 70.2 Å². The fourth-order valence-electron chi connectivity index (χ4n) is 7.56. The molecule has 2 aliphatic carbocycles. The van der Waals surface area contributed by atoms with Crippen LogP contribution in [0.5, 0.6) is 5.75 Å². The Morgan fingerprint density at radius 1 is 0.786 bits per heavy atom. The highest BCUT2D eigenvalue weighted by Crippen LogP contribution is 2.66. The Labute approximate surface area is 254 Å². The summed E-state index contributed by atoms with van der Waals surface area (Å²) < 4.78 is 12.6. The predicted octanol–water partition coefficient (Wildman–Crippen LogP) is 10.9. The first kappa shape index (κ1) is 30.4. The molecule has 224 valence electrons. The molecular weight excluding hydrogens is 516 g/mol. The largest absolute Gasteiger partial charge is 0.494 e. The van der Waals surface area contributed by atoms with Crippen molar-refractivity contribution in [2.45, 2.75) is 104 Å². The summed E-state index contributed by atoms with van der Waals surface area (Å²) >= 11 is 0. The molecule has 0 saturated heterocycles. The lowest BCUT2D eigenvalue weighted by Crippen LogP contribution is -2.28. The van der Waals surface area contributed by atoms with E-state index >= 15 is 0 Å². The number of rotatable bonds is 14. The van der Waals surface area contributed by atoms with E-state index in [9.17, 15) is 4.79 Å². The third-order valence-electron chi connectivity index (χ3n) is 10.6. The lowest BCUT2D eigenvalue weighted by molar-refractivity contribution is 0.0104. The Balaban J connectivity index is 1.34. The predicted molar refractivity (Wildman–Crippen MR) is 174 cm³/mol. The third-order valence-corrected chi connectivity index (χ3v) is 10.6. The summed E-state index contributed by atoms with van der Waals surface area (Å²) in [7, 11) is 0. The number of unbranched alkanes of at least 4 members (excludes halogenated alkanes) is 7. The van der Waals surface area contributed by atoms with Crippen molar-refractivity contribution >= 4 is 5.97 Å². The van der Waals surface area contributed by atoms with Crippen LogP contribution in [-0.4, -0.2) is 18.7 Å². The van der Waals surface area contributed by atoms with E-state index in [0.29, 0.717) is 18.1 Å². The second-order valence-corrected chi connectivity index (χ2v) is 13.5. The Bertz CT molecular complexity index is 1320. The molecule has 2 bridgehead atoms. The Kier molecular flexibility index (Phi) is 9.76. The molecule has 0 N–H and O–H groups in total. The number of fused-ring (bicyclic) bond motifs is 2. The van der Waals surface area contributed by atoms with E-state index in [1.165, 1.54) is 51.4 Å². The zero-order valence-corrected chi connectivity index (χ0v) is 26.3. The van der Waals surface area contributed by atoms with Gasteiger partial charge in [-0.2, -0.15) is 0 Å². The SMILES string of the molecule is CCCCCCCCCCOc1ccc(-c2ccccc2)c(-c2ccccc2C(=O)O[C@@H]2C[C@]3(C)CC[C@H]2C3(C)C)c1. The zero-order chi connectivity index (χ0) is 29.6. The van der Waals surface area contributed by atoms with E-state index in [1.807, 2.05) is 30.3 Å². The van der Waals surface area contributed by atoms with Crippen molar-refractivity contribution in [3.8, 4) is 28.0 Å². The maximum absolute atomic E-state index is 13.8. The first-order chi connectivity index (χ1) is 20.3. The normalized spacial score (nSPS) is 22.3. The summed E-state index contributed by atoms with van der Waals surface area (Å²) in [5.41, 5.74) is 5.16. The summed E-state index contributed by atoms with van der Waals surface area (Å²) in [6.45, 7) is 10.1. The molecule has 2 saturated carbocycles. The van der Waals surface area contributed by atoms with Crippen LogP contribution in [-0.2, 0) is 4.74 Å². The molecule has 3 aromatic rings. The van der Waals surface area contributed by atoms with Crippen LogP contribution in [0, 0.1) is 16.7 Å². The Morgan fingerprint density at radius 3 is 2.17 bits per heavy atom. The standard InChI is InChI=1S/C39H50O3/c1-5-6-7-8-9-10-11-17-26-41-30-22-23-31(29-18-13-12-14-19-29)34(27-30)32-20-15-16-21-33(32)37(40)42-36-28-39(4)25-24-35(36)38(39,2)3/h12-16,18-23,27,35-36H,5-11,17,24-26,28H2,1-4H3/t35-,36-,39+/m1/s1. The summed E-state index contributed by atoms with van der Waals surface area (Å²) in [5, 5.41) is 0. The summed E-state index contributed by atoms with van der Waals surface area (Å²) in [5.74, 6) is 1.05. The van der Waals surface area contributed by atoms with Crippen molar-refractivity contribution in [1.82, 2.24) is 0 Å². The topological polar surface area (TPSA) is 35.5 Å². The first-order valence-electron chi connectivity index (χ1n) is 16.5. The van der Waals surface area contributed by atoms with Gasteiger partial charge >= 0.3 is 5.97 Å². The van der Waals surface area contributed by atoms with E-state index in [1.54, 1.807) is 0 Å². The molecule has 0 aliphatic heterocycles. The molecule has 42 heavy (non-hydrogen) atoms. The van der Waals surface area contributed by atoms with Gasteiger partial charge in [0, 0.05) is 5.92 Å². The maximum Gasteiger partial charge on any atom is 0.339 e. The Morgan fingerprint density at radius 2 is 1.48 bits per heavy atom. The highest BCUT2D eigenvalue weighted by atomic mass is 16.5. The fourth-order valence-corrected chi connectivity index (χ4v) is 7.56. The van der Waals surface area contributed by atoms with Crippen LogP contribution >= 0.6 is 0 Å². The number of esters is 1. The van der Waals surface area contributed by atoms with Gasteiger partial charge in [-0.05, 0) is 77.0 Å². The number of hydrogen-bond donors (Lipinski definition) is 0. The lowest BCUT2D eigenvalue weighted by Gasteiger charge is -2.33. The van der Waals surface area contributed by atoms with E-state index < -0.39 is 0 Å². The van der Waals surface area contributed by atoms with Crippen molar-refractivity contribution in [3.63, 3.8) is 0 Å². The van der Waals surface area contributed by atoms with E-state index in [4.69, 9.17) is 9.47 Å². The van der Waals surface area contributed by atoms with Gasteiger partial charge in [-0.3, -0.25) is 0 Å². The van der Waals surface area contributed by atoms with Crippen LogP contribution in [0.4, 0.5) is 0 Å². The van der Waals surface area contributed by atoms with Crippen LogP contribution < -0.4 is 4.74 Å². The van der Waals surface area contributed by atoms with Gasteiger partial charge in [0.25, 0.3) is 0 Å². The van der Waals surface area contributed by atoms with Crippen molar-refractivity contribution in [2.24, 2.45) is 16.7 Å². The minimum absolute atomic E-state index is 0.0192. The quantitative estimate of drug-likeness (QED) is 0.144. The minimum Gasteiger partial charge on any atom is -0.494 e. The van der Waals surface area contributed by atoms with Gasteiger partial charge in [0.15, 0.2) is 0 Å². The summed E-state index contributed by atoms with van der Waals surface area (Å²) in [6.07, 6.45) is 13.5. The molecule has 2 fully saturated rings. The van der Waals surface area contributed by atoms with Gasteiger partial charge in [0.05, 0.1) is 12.2 Å². The van der Waals surface area contributed by atoms with Gasteiger partial charge in [0.1, 0.15) is 11.9 Å². The molecule has 3 atom stereocenters. The van der Waals surface area contributed by atoms with E-state index in [-0.39, 0.29) is 22.9 Å². The second-order valence-electron chi connectivity index (χ2n) is 13.5. The lowest BCUT2D eigenvalue weighted by atomic mass is 9.71. The summed E-state index contributed by atoms with van der Waals surface area (Å²) in [6, 6.07) is 24.6. The highest BCUT2D eigenvalue weighted by molar-refractivity contribution is 6.00. The van der Waals surface area contributed by atoms with Crippen molar-refractivity contribution in [3.05, 3.63) is 78.4 Å². The monoisotopic (exact) mass is 566 g/mol. The van der Waals surface area contributed by atoms with Crippen LogP contribution in [0.2, 0.25) is 0 Å². The molecule has 3 aromatic carbocycles. The van der Waals surface area contributed by atoms with E-state index in [0.717, 1.165) is 47.3 Å². The van der Waals surface area contributed by atoms with Crippen molar-refractivity contribution < 1.29 is 14.3 Å². The Hall–Kier alpha value is -3.07. The average molecular weight is 567 g/mol. The van der Waals surface area contributed by atoms with Crippen LogP contribution in [0.15, 0.2) is 72.8 Å². The molecule has 0 heterocycles. The highest BCUT2D eigenvalue weighted by Gasteiger charge is 2.61. The van der Waals surface area contributed by atoms with Crippen molar-refractivity contribution in [2.75, 3.05) is 6.61 Å². The fraction of sp³-hybridized carbons (Fsp3) is 0.513. The molecule has 0 amide bonds. The number of ether oxygens (including phenoxy) is 2. The molecule has 0 aromatic heterocycles. The van der Waals surface area contributed by atoms with Gasteiger partial charge in [-0.15, -0.1) is 0 Å². The zero-order valence-electron chi connectivity index (χ0n) is 26.3. The molecule has 0 spiro atoms. The number of carbonyl (C=O) groups excluding carboxylic acids is 1. The number of benzene rings is 3. The average Bonchev–Trinajstić information content (AvgIpc) is 3.34. The van der Waals surface area contributed by atoms with Crippen LogP contribution in [0.3, 0.4) is 0 Å². The van der Waals surface area contributed by atoms with Gasteiger partial charge in [-0.1, -0.05) is 127 Å².